The second-order valence-electron chi connectivity index (χ2n) is 6.20. The standard InChI is InChI=1S/C16H23N3O3/c1-10-4-14(15(20)21)9-19(8-10)16(22)17-7-13-5-11(2)18-12(3)6-13/h5-6,10,14H,4,7-9H2,1-3H3,(H,17,22)(H,20,21). The Balaban J connectivity index is 1.95. The van der Waals surface area contributed by atoms with Crippen molar-refractivity contribution in [2.75, 3.05) is 13.1 Å². The van der Waals surface area contributed by atoms with Gasteiger partial charge in [0, 0.05) is 31.0 Å². The lowest BCUT2D eigenvalue weighted by Gasteiger charge is -2.34. The summed E-state index contributed by atoms with van der Waals surface area (Å²) in [4.78, 5) is 29.3. The number of aryl methyl sites for hydroxylation is 2. The molecule has 1 fully saturated rings. The molecule has 2 unspecified atom stereocenters. The summed E-state index contributed by atoms with van der Waals surface area (Å²) >= 11 is 0. The molecule has 1 aromatic rings. The van der Waals surface area contributed by atoms with Crippen LogP contribution in [0.1, 0.15) is 30.3 Å². The molecule has 0 saturated carbocycles. The summed E-state index contributed by atoms with van der Waals surface area (Å²) in [7, 11) is 0. The van der Waals surface area contributed by atoms with Gasteiger partial charge in [-0.05, 0) is 43.9 Å². The molecule has 2 amide bonds. The Morgan fingerprint density at radius 1 is 1.32 bits per heavy atom. The average Bonchev–Trinajstić information content (AvgIpc) is 2.43. The summed E-state index contributed by atoms with van der Waals surface area (Å²) < 4.78 is 0. The number of likely N-dealkylation sites (tertiary alicyclic amines) is 1. The molecule has 0 spiro atoms. The minimum absolute atomic E-state index is 0.200. The summed E-state index contributed by atoms with van der Waals surface area (Å²) in [6.45, 7) is 7.12. The lowest BCUT2D eigenvalue weighted by Crippen LogP contribution is -2.49. The zero-order valence-electron chi connectivity index (χ0n) is 13.3. The predicted molar refractivity (Wildman–Crippen MR) is 82.4 cm³/mol. The molecule has 2 atom stereocenters. The fourth-order valence-corrected chi connectivity index (χ4v) is 3.01. The minimum atomic E-state index is -0.829. The molecule has 22 heavy (non-hydrogen) atoms. The monoisotopic (exact) mass is 305 g/mol. The maximum Gasteiger partial charge on any atom is 0.317 e. The molecule has 0 aromatic carbocycles. The maximum absolute atomic E-state index is 12.3. The number of nitrogens with one attached hydrogen (secondary N) is 1. The van der Waals surface area contributed by atoms with E-state index in [1.165, 1.54) is 0 Å². The zero-order valence-corrected chi connectivity index (χ0v) is 13.3. The smallest absolute Gasteiger partial charge is 0.317 e. The first-order chi connectivity index (χ1) is 10.3. The fourth-order valence-electron chi connectivity index (χ4n) is 3.01. The molecule has 6 nitrogen and oxygen atoms in total. The molecule has 1 aliphatic heterocycles. The third-order valence-electron chi connectivity index (χ3n) is 3.88. The Hall–Kier alpha value is -2.11. The highest BCUT2D eigenvalue weighted by atomic mass is 16.4. The fraction of sp³-hybridized carbons (Fsp3) is 0.562. The van der Waals surface area contributed by atoms with Gasteiger partial charge in [0.05, 0.1) is 5.92 Å². The van der Waals surface area contributed by atoms with Crippen molar-refractivity contribution < 1.29 is 14.7 Å². The van der Waals surface area contributed by atoms with Gasteiger partial charge < -0.3 is 15.3 Å². The number of rotatable bonds is 3. The van der Waals surface area contributed by atoms with E-state index in [1.807, 2.05) is 32.9 Å². The van der Waals surface area contributed by atoms with E-state index in [9.17, 15) is 9.59 Å². The molecule has 1 aliphatic rings. The van der Waals surface area contributed by atoms with Gasteiger partial charge in [0.1, 0.15) is 0 Å². The first kappa shape index (κ1) is 16.3. The Kier molecular flexibility index (Phi) is 5.00. The number of carboxylic acid groups (broad SMARTS) is 1. The van der Waals surface area contributed by atoms with E-state index < -0.39 is 11.9 Å². The number of piperidine rings is 1. The van der Waals surface area contributed by atoms with Crippen LogP contribution in [0.3, 0.4) is 0 Å². The number of carboxylic acids is 1. The van der Waals surface area contributed by atoms with Crippen molar-refractivity contribution in [2.45, 2.75) is 33.7 Å². The molecule has 120 valence electrons. The third kappa shape index (κ3) is 4.19. The van der Waals surface area contributed by atoms with E-state index in [2.05, 4.69) is 10.3 Å². The van der Waals surface area contributed by atoms with Crippen molar-refractivity contribution in [1.29, 1.82) is 0 Å². The number of hydrogen-bond donors (Lipinski definition) is 2. The van der Waals surface area contributed by atoms with E-state index in [0.29, 0.717) is 19.5 Å². The summed E-state index contributed by atoms with van der Waals surface area (Å²) in [5.41, 5.74) is 2.83. The van der Waals surface area contributed by atoms with Crippen molar-refractivity contribution in [3.05, 3.63) is 29.1 Å². The van der Waals surface area contributed by atoms with E-state index in [4.69, 9.17) is 5.11 Å². The lowest BCUT2D eigenvalue weighted by atomic mass is 9.91. The van der Waals surface area contributed by atoms with Crippen molar-refractivity contribution in [2.24, 2.45) is 11.8 Å². The molecule has 0 aliphatic carbocycles. The van der Waals surface area contributed by atoms with Crippen LogP contribution in [-0.2, 0) is 11.3 Å². The number of nitrogens with zero attached hydrogens (tertiary/aromatic N) is 2. The molecule has 0 bridgehead atoms. The van der Waals surface area contributed by atoms with Crippen LogP contribution in [0.25, 0.3) is 0 Å². The highest BCUT2D eigenvalue weighted by molar-refractivity contribution is 5.76. The van der Waals surface area contributed by atoms with E-state index in [1.54, 1.807) is 4.90 Å². The normalized spacial score (nSPS) is 21.5. The van der Waals surface area contributed by atoms with E-state index in [0.717, 1.165) is 17.0 Å². The molecular formula is C16H23N3O3. The van der Waals surface area contributed by atoms with Crippen LogP contribution in [0.2, 0.25) is 0 Å². The van der Waals surface area contributed by atoms with Crippen LogP contribution < -0.4 is 5.32 Å². The SMILES string of the molecule is Cc1cc(CNC(=O)N2CC(C)CC(C(=O)O)C2)cc(C)n1. The third-order valence-corrected chi connectivity index (χ3v) is 3.88. The molecule has 1 saturated heterocycles. The molecule has 1 aromatic heterocycles. The molecular weight excluding hydrogens is 282 g/mol. The van der Waals surface area contributed by atoms with Gasteiger partial charge in [0.15, 0.2) is 0 Å². The number of aliphatic carboxylic acids is 1. The lowest BCUT2D eigenvalue weighted by molar-refractivity contribution is -0.143. The molecule has 2 heterocycles. The Morgan fingerprint density at radius 3 is 2.55 bits per heavy atom. The number of amides is 2. The molecule has 2 rings (SSSR count). The Bertz CT molecular complexity index is 554. The number of carbonyl (C=O) groups excluding carboxylic acids is 1. The highest BCUT2D eigenvalue weighted by Gasteiger charge is 2.31. The summed E-state index contributed by atoms with van der Waals surface area (Å²) in [5, 5.41) is 12.0. The van der Waals surface area contributed by atoms with Crippen LogP contribution in [0.15, 0.2) is 12.1 Å². The van der Waals surface area contributed by atoms with Crippen LogP contribution in [0.5, 0.6) is 0 Å². The number of carbonyl (C=O) groups is 2. The number of hydrogen-bond acceptors (Lipinski definition) is 3. The summed E-state index contributed by atoms with van der Waals surface area (Å²) in [6, 6.07) is 3.67. The quantitative estimate of drug-likeness (QED) is 0.894. The first-order valence-corrected chi connectivity index (χ1v) is 7.55. The van der Waals surface area contributed by atoms with Crippen LogP contribution in [0, 0.1) is 25.7 Å². The second kappa shape index (κ2) is 6.77. The van der Waals surface area contributed by atoms with Gasteiger partial charge in [-0.2, -0.15) is 0 Å². The maximum atomic E-state index is 12.3. The van der Waals surface area contributed by atoms with Crippen molar-refractivity contribution in [1.82, 2.24) is 15.2 Å². The van der Waals surface area contributed by atoms with Crippen LogP contribution >= 0.6 is 0 Å². The van der Waals surface area contributed by atoms with Gasteiger partial charge >= 0.3 is 12.0 Å². The molecule has 6 heteroatoms. The number of aromatic nitrogens is 1. The van der Waals surface area contributed by atoms with Gasteiger partial charge in [-0.3, -0.25) is 9.78 Å². The van der Waals surface area contributed by atoms with Gasteiger partial charge in [0.25, 0.3) is 0 Å². The van der Waals surface area contributed by atoms with Gasteiger partial charge in [-0.15, -0.1) is 0 Å². The van der Waals surface area contributed by atoms with Crippen LogP contribution in [-0.4, -0.2) is 40.1 Å². The first-order valence-electron chi connectivity index (χ1n) is 7.55. The van der Waals surface area contributed by atoms with E-state index >= 15 is 0 Å². The largest absolute Gasteiger partial charge is 0.481 e. The summed E-state index contributed by atoms with van der Waals surface area (Å²) in [5.74, 6) is -1.10. The summed E-state index contributed by atoms with van der Waals surface area (Å²) in [6.07, 6.45) is 0.627. The van der Waals surface area contributed by atoms with Gasteiger partial charge in [-0.25, -0.2) is 4.79 Å². The molecule has 0 radical (unpaired) electrons. The Labute approximate surface area is 130 Å². The molecule has 2 N–H and O–H groups in total. The Morgan fingerprint density at radius 2 is 1.95 bits per heavy atom. The van der Waals surface area contributed by atoms with Gasteiger partial charge in [0.2, 0.25) is 0 Å². The van der Waals surface area contributed by atoms with Crippen LogP contribution in [0.4, 0.5) is 4.79 Å². The number of urea groups is 1. The van der Waals surface area contributed by atoms with Gasteiger partial charge in [-0.1, -0.05) is 6.92 Å². The zero-order chi connectivity index (χ0) is 16.3. The van der Waals surface area contributed by atoms with E-state index in [-0.39, 0.29) is 18.5 Å². The minimum Gasteiger partial charge on any atom is -0.481 e. The van der Waals surface area contributed by atoms with Crippen molar-refractivity contribution in [3.63, 3.8) is 0 Å². The highest BCUT2D eigenvalue weighted by Crippen LogP contribution is 2.21. The average molecular weight is 305 g/mol. The second-order valence-corrected chi connectivity index (χ2v) is 6.20. The predicted octanol–water partition coefficient (Wildman–Crippen LogP) is 1.95. The van der Waals surface area contributed by atoms with Crippen molar-refractivity contribution in [3.8, 4) is 0 Å². The topological polar surface area (TPSA) is 82.5 Å². The van der Waals surface area contributed by atoms with Crippen molar-refractivity contribution >= 4 is 12.0 Å². The number of pyridine rings is 1.